The molecule has 0 fully saturated rings. The smallest absolute Gasteiger partial charge is 0.273 e. The predicted octanol–water partition coefficient (Wildman–Crippen LogP) is 9.77. The van der Waals surface area contributed by atoms with Crippen LogP contribution in [0.4, 0.5) is 39.8 Å². The molecule has 0 spiro atoms. The van der Waals surface area contributed by atoms with Gasteiger partial charge in [0.05, 0.1) is 16.3 Å². The lowest BCUT2D eigenvalue weighted by Crippen LogP contribution is -2.16. The molecule has 0 amide bonds. The van der Waals surface area contributed by atoms with Crippen molar-refractivity contribution in [2.45, 2.75) is 27.7 Å². The first kappa shape index (κ1) is 25.7. The summed E-state index contributed by atoms with van der Waals surface area (Å²) in [6.45, 7) is 8.25. The normalized spacial score (nSPS) is 10.8. The highest BCUT2D eigenvalue weighted by molar-refractivity contribution is 5.87. The van der Waals surface area contributed by atoms with Crippen molar-refractivity contribution in [1.82, 2.24) is 0 Å². The van der Waals surface area contributed by atoms with Crippen LogP contribution in [0.15, 0.2) is 115 Å². The summed E-state index contributed by atoms with van der Waals surface area (Å²) < 4.78 is 0. The number of anilines is 6. The third-order valence-corrected chi connectivity index (χ3v) is 7.04. The summed E-state index contributed by atoms with van der Waals surface area (Å²) in [5.41, 5.74) is 9.63. The first-order chi connectivity index (χ1) is 18.8. The van der Waals surface area contributed by atoms with Crippen LogP contribution < -0.4 is 9.80 Å². The second-order valence-electron chi connectivity index (χ2n) is 9.78. The van der Waals surface area contributed by atoms with Gasteiger partial charge in [0.15, 0.2) is 0 Å². The summed E-state index contributed by atoms with van der Waals surface area (Å²) in [6, 6.07) is 37.9. The maximum absolute atomic E-state index is 12.3. The van der Waals surface area contributed by atoms with Crippen molar-refractivity contribution in [3.05, 3.63) is 148 Å². The number of nitro benzene ring substituents is 1. The Morgan fingerprint density at radius 2 is 0.769 bits per heavy atom. The summed E-state index contributed by atoms with van der Waals surface area (Å²) in [7, 11) is 0. The minimum Gasteiger partial charge on any atom is -0.310 e. The van der Waals surface area contributed by atoms with Gasteiger partial charge >= 0.3 is 0 Å². The van der Waals surface area contributed by atoms with Gasteiger partial charge < -0.3 is 9.80 Å². The zero-order valence-corrected chi connectivity index (χ0v) is 22.6. The van der Waals surface area contributed by atoms with Crippen LogP contribution in [0.25, 0.3) is 0 Å². The molecule has 0 bridgehead atoms. The van der Waals surface area contributed by atoms with Crippen molar-refractivity contribution < 1.29 is 4.92 Å². The Labute approximate surface area is 229 Å². The van der Waals surface area contributed by atoms with Crippen LogP contribution in [0.5, 0.6) is 0 Å². The molecule has 5 aromatic carbocycles. The van der Waals surface area contributed by atoms with Crippen LogP contribution in [-0.4, -0.2) is 4.92 Å². The van der Waals surface area contributed by atoms with E-state index in [2.05, 4.69) is 86.0 Å². The molecule has 0 unspecified atom stereocenters. The fourth-order valence-corrected chi connectivity index (χ4v) is 5.02. The van der Waals surface area contributed by atoms with Crippen LogP contribution in [0.1, 0.15) is 22.3 Å². The van der Waals surface area contributed by atoms with Crippen LogP contribution >= 0.6 is 0 Å². The van der Waals surface area contributed by atoms with Gasteiger partial charge in [0, 0.05) is 34.9 Å². The monoisotopic (exact) mass is 513 g/mol. The summed E-state index contributed by atoms with van der Waals surface area (Å²) in [5.74, 6) is 0. The maximum Gasteiger partial charge on any atom is 0.273 e. The number of hydrogen-bond acceptors (Lipinski definition) is 4. The average molecular weight is 514 g/mol. The number of non-ortho nitro benzene ring substituents is 1. The Morgan fingerprint density at radius 1 is 0.487 bits per heavy atom. The van der Waals surface area contributed by atoms with Crippen molar-refractivity contribution >= 4 is 39.8 Å². The van der Waals surface area contributed by atoms with E-state index in [1.807, 2.05) is 54.6 Å². The standard InChI is InChI=1S/C34H31N3O2/c1-24-13-5-9-17-31(24)35(32-18-10-6-14-25(32)2)28-21-29(23-30(22-28)37(38)39)36(33-19-11-7-15-26(33)3)34-20-12-8-16-27(34)4/h5-23H,1-4H3. The van der Waals surface area contributed by atoms with Crippen LogP contribution in [0.2, 0.25) is 0 Å². The minimum atomic E-state index is -0.311. The molecule has 0 radical (unpaired) electrons. The van der Waals surface area contributed by atoms with Crippen LogP contribution in [0, 0.1) is 37.8 Å². The van der Waals surface area contributed by atoms with Crippen molar-refractivity contribution in [2.75, 3.05) is 9.80 Å². The van der Waals surface area contributed by atoms with Crippen molar-refractivity contribution in [3.8, 4) is 0 Å². The number of rotatable bonds is 7. The van der Waals surface area contributed by atoms with E-state index < -0.39 is 0 Å². The molecule has 0 aromatic heterocycles. The first-order valence-electron chi connectivity index (χ1n) is 13.0. The zero-order chi connectivity index (χ0) is 27.5. The quantitative estimate of drug-likeness (QED) is 0.160. The van der Waals surface area contributed by atoms with E-state index in [9.17, 15) is 10.1 Å². The summed E-state index contributed by atoms with van der Waals surface area (Å²) >= 11 is 0. The molecule has 0 N–H and O–H groups in total. The van der Waals surface area contributed by atoms with E-state index in [4.69, 9.17) is 0 Å². The Balaban J connectivity index is 1.83. The summed E-state index contributed by atoms with van der Waals surface area (Å²) in [6.07, 6.45) is 0. The SMILES string of the molecule is Cc1ccccc1N(c1cc(N(c2ccccc2C)c2ccccc2C)cc([N+](=O)[O-])c1)c1ccccc1C. The molecule has 0 atom stereocenters. The molecule has 5 nitrogen and oxygen atoms in total. The van der Waals surface area contributed by atoms with Crippen molar-refractivity contribution in [2.24, 2.45) is 0 Å². The van der Waals surface area contributed by atoms with Gasteiger partial charge in [-0.05, 0) is 80.3 Å². The molecular formula is C34H31N3O2. The summed E-state index contributed by atoms with van der Waals surface area (Å²) in [5, 5.41) is 12.3. The van der Waals surface area contributed by atoms with E-state index in [0.717, 1.165) is 56.4 Å². The van der Waals surface area contributed by atoms with Gasteiger partial charge in [-0.25, -0.2) is 0 Å². The van der Waals surface area contributed by atoms with E-state index in [1.54, 1.807) is 12.1 Å². The number of hydrogen-bond donors (Lipinski definition) is 0. The molecule has 5 rings (SSSR count). The molecular weight excluding hydrogens is 482 g/mol. The Hall–Kier alpha value is -4.90. The molecule has 0 heterocycles. The van der Waals surface area contributed by atoms with Gasteiger partial charge in [-0.3, -0.25) is 10.1 Å². The lowest BCUT2D eigenvalue weighted by Gasteiger charge is -2.31. The van der Waals surface area contributed by atoms with Gasteiger partial charge in [-0.15, -0.1) is 0 Å². The van der Waals surface area contributed by atoms with Gasteiger partial charge in [-0.1, -0.05) is 72.8 Å². The Morgan fingerprint density at radius 3 is 1.03 bits per heavy atom. The van der Waals surface area contributed by atoms with Gasteiger partial charge in [0.1, 0.15) is 0 Å². The molecule has 0 aliphatic rings. The Kier molecular flexibility index (Phi) is 7.15. The van der Waals surface area contributed by atoms with Gasteiger partial charge in [0.25, 0.3) is 5.69 Å². The molecule has 0 saturated heterocycles. The van der Waals surface area contributed by atoms with Crippen LogP contribution in [0.3, 0.4) is 0 Å². The fraction of sp³-hybridized carbons (Fsp3) is 0.118. The number of nitro groups is 1. The molecule has 0 aliphatic heterocycles. The molecule has 0 aliphatic carbocycles. The highest BCUT2D eigenvalue weighted by atomic mass is 16.6. The number of para-hydroxylation sites is 4. The largest absolute Gasteiger partial charge is 0.310 e. The van der Waals surface area contributed by atoms with E-state index >= 15 is 0 Å². The molecule has 5 aromatic rings. The van der Waals surface area contributed by atoms with Crippen LogP contribution in [-0.2, 0) is 0 Å². The lowest BCUT2D eigenvalue weighted by molar-refractivity contribution is -0.384. The molecule has 39 heavy (non-hydrogen) atoms. The predicted molar refractivity (Wildman–Crippen MR) is 161 cm³/mol. The molecule has 5 heteroatoms. The number of nitrogens with zero attached hydrogens (tertiary/aromatic N) is 3. The topological polar surface area (TPSA) is 49.6 Å². The fourth-order valence-electron chi connectivity index (χ4n) is 5.02. The first-order valence-corrected chi connectivity index (χ1v) is 13.0. The second-order valence-corrected chi connectivity index (χ2v) is 9.78. The second kappa shape index (κ2) is 10.8. The third kappa shape index (κ3) is 5.12. The average Bonchev–Trinajstić information content (AvgIpc) is 2.93. The maximum atomic E-state index is 12.3. The number of benzene rings is 5. The van der Waals surface area contributed by atoms with Crippen molar-refractivity contribution in [3.63, 3.8) is 0 Å². The third-order valence-electron chi connectivity index (χ3n) is 7.04. The molecule has 0 saturated carbocycles. The lowest BCUT2D eigenvalue weighted by atomic mass is 10.1. The van der Waals surface area contributed by atoms with Crippen molar-refractivity contribution in [1.29, 1.82) is 0 Å². The Bertz CT molecular complexity index is 1460. The van der Waals surface area contributed by atoms with Gasteiger partial charge in [0.2, 0.25) is 0 Å². The minimum absolute atomic E-state index is 0.0295. The summed E-state index contributed by atoms with van der Waals surface area (Å²) in [4.78, 5) is 16.3. The van der Waals surface area contributed by atoms with E-state index in [0.29, 0.717) is 0 Å². The molecule has 194 valence electrons. The van der Waals surface area contributed by atoms with Gasteiger partial charge in [-0.2, -0.15) is 0 Å². The zero-order valence-electron chi connectivity index (χ0n) is 22.6. The highest BCUT2D eigenvalue weighted by Crippen LogP contribution is 2.45. The number of aryl methyl sites for hydroxylation is 4. The van der Waals surface area contributed by atoms with E-state index in [1.165, 1.54) is 0 Å². The van der Waals surface area contributed by atoms with E-state index in [-0.39, 0.29) is 10.6 Å². The highest BCUT2D eigenvalue weighted by Gasteiger charge is 2.24.